The first-order chi connectivity index (χ1) is 19.4. The zero-order valence-corrected chi connectivity index (χ0v) is 25.6. The fourth-order valence-electron chi connectivity index (χ4n) is 5.47. The van der Waals surface area contributed by atoms with Gasteiger partial charge in [0.2, 0.25) is 0 Å². The van der Waals surface area contributed by atoms with Gasteiger partial charge in [0.15, 0.2) is 5.84 Å². The van der Waals surface area contributed by atoms with Gasteiger partial charge in [-0.1, -0.05) is 75.4 Å². The molecule has 3 aromatic rings. The van der Waals surface area contributed by atoms with E-state index in [1.807, 2.05) is 110 Å². The molecule has 0 saturated carbocycles. The van der Waals surface area contributed by atoms with Crippen molar-refractivity contribution in [2.24, 2.45) is 16.8 Å². The van der Waals surface area contributed by atoms with Crippen LogP contribution in [0.5, 0.6) is 0 Å². The van der Waals surface area contributed by atoms with E-state index >= 15 is 0 Å². The number of hydroxylamine groups is 2. The number of rotatable bonds is 7. The van der Waals surface area contributed by atoms with Crippen molar-refractivity contribution in [2.45, 2.75) is 85.9 Å². The predicted octanol–water partition coefficient (Wildman–Crippen LogP) is 4.67. The Kier molecular flexibility index (Phi) is 9.91. The van der Waals surface area contributed by atoms with E-state index in [0.29, 0.717) is 36.6 Å². The van der Waals surface area contributed by atoms with Crippen LogP contribution in [0, 0.1) is 6.92 Å². The van der Waals surface area contributed by atoms with Crippen LogP contribution < -0.4 is 22.7 Å². The number of aryl methyl sites for hydroxylation is 2. The normalized spacial score (nSPS) is 16.1. The third-order valence-corrected chi connectivity index (χ3v) is 7.68. The average Bonchev–Trinajstić information content (AvgIpc) is 3.13. The minimum Gasteiger partial charge on any atom is -0.321 e. The minimum absolute atomic E-state index is 0.0440. The molecule has 0 fully saturated rings. The fraction of sp³-hybridized carbons (Fsp3) is 0.406. The second-order valence-corrected chi connectivity index (χ2v) is 11.1. The van der Waals surface area contributed by atoms with Crippen LogP contribution >= 0.6 is 0 Å². The van der Waals surface area contributed by atoms with Crippen LogP contribution in [0.15, 0.2) is 70.1 Å². The highest BCUT2D eigenvalue weighted by Crippen LogP contribution is 2.39. The van der Waals surface area contributed by atoms with Gasteiger partial charge in [0, 0.05) is 17.5 Å². The number of hydrogen-bond donors (Lipinski definition) is 4. The van der Waals surface area contributed by atoms with E-state index in [1.54, 1.807) is 4.57 Å². The SMILES string of the molecule is CC.CCc1nc(C)n(CC2=CC(C)(C)N(O)C2(C)C)c(=O)c1Cc1ccc(-c2ccccc2/C(=N/N)NN)cc1. The lowest BCUT2D eigenvalue weighted by molar-refractivity contribution is -0.185. The van der Waals surface area contributed by atoms with E-state index in [1.165, 1.54) is 5.06 Å². The molecular formula is C32H45N7O2. The van der Waals surface area contributed by atoms with Crippen LogP contribution in [0.2, 0.25) is 0 Å². The first kappa shape index (κ1) is 31.7. The maximum absolute atomic E-state index is 13.9. The maximum Gasteiger partial charge on any atom is 0.257 e. The van der Waals surface area contributed by atoms with Gasteiger partial charge in [0.25, 0.3) is 5.56 Å². The molecule has 0 atom stereocenters. The van der Waals surface area contributed by atoms with E-state index in [0.717, 1.165) is 33.5 Å². The fourth-order valence-corrected chi connectivity index (χ4v) is 5.47. The summed E-state index contributed by atoms with van der Waals surface area (Å²) >= 11 is 0. The molecular weight excluding hydrogens is 514 g/mol. The van der Waals surface area contributed by atoms with Gasteiger partial charge < -0.3 is 16.5 Å². The summed E-state index contributed by atoms with van der Waals surface area (Å²) in [5.74, 6) is 12.2. The summed E-state index contributed by atoms with van der Waals surface area (Å²) in [6.07, 6.45) is 3.18. The Morgan fingerprint density at radius 2 is 1.71 bits per heavy atom. The molecule has 0 unspecified atom stereocenters. The van der Waals surface area contributed by atoms with Crippen LogP contribution in [-0.2, 0) is 19.4 Å². The van der Waals surface area contributed by atoms with Crippen LogP contribution in [0.1, 0.15) is 76.7 Å². The van der Waals surface area contributed by atoms with Gasteiger partial charge in [-0.05, 0) is 63.3 Å². The summed E-state index contributed by atoms with van der Waals surface area (Å²) in [7, 11) is 0. The van der Waals surface area contributed by atoms with Crippen LogP contribution in [0.4, 0.5) is 0 Å². The molecule has 41 heavy (non-hydrogen) atoms. The Bertz CT molecular complexity index is 1480. The maximum atomic E-state index is 13.9. The molecule has 2 heterocycles. The molecule has 9 nitrogen and oxygen atoms in total. The van der Waals surface area contributed by atoms with Gasteiger partial charge in [-0.25, -0.2) is 10.8 Å². The third kappa shape index (κ3) is 6.27. The van der Waals surface area contributed by atoms with Crippen LogP contribution in [0.25, 0.3) is 11.1 Å². The molecule has 6 N–H and O–H groups in total. The number of nitrogens with zero attached hydrogens (tertiary/aromatic N) is 4. The summed E-state index contributed by atoms with van der Waals surface area (Å²) in [5.41, 5.74) is 7.59. The summed E-state index contributed by atoms with van der Waals surface area (Å²) in [4.78, 5) is 18.7. The molecule has 2 aromatic carbocycles. The molecule has 9 heteroatoms. The second-order valence-electron chi connectivity index (χ2n) is 11.1. The molecule has 0 aliphatic carbocycles. The van der Waals surface area contributed by atoms with Gasteiger partial charge in [0.05, 0.1) is 23.3 Å². The zero-order chi connectivity index (χ0) is 30.5. The van der Waals surface area contributed by atoms with Gasteiger partial charge in [0.1, 0.15) is 5.82 Å². The zero-order valence-electron chi connectivity index (χ0n) is 25.6. The highest BCUT2D eigenvalue weighted by Gasteiger charge is 2.45. The number of nitrogens with two attached hydrogens (primary N) is 2. The highest BCUT2D eigenvalue weighted by atomic mass is 16.5. The molecule has 1 aliphatic heterocycles. The van der Waals surface area contributed by atoms with E-state index in [4.69, 9.17) is 16.7 Å². The van der Waals surface area contributed by atoms with E-state index in [-0.39, 0.29) is 5.56 Å². The quantitative estimate of drug-likeness (QED) is 0.109. The molecule has 0 saturated heterocycles. The minimum atomic E-state index is -0.598. The first-order valence-corrected chi connectivity index (χ1v) is 14.2. The van der Waals surface area contributed by atoms with Crippen molar-refractivity contribution < 1.29 is 5.21 Å². The van der Waals surface area contributed by atoms with E-state index in [2.05, 4.69) is 10.5 Å². The number of amidine groups is 1. The average molecular weight is 560 g/mol. The standard InChI is InChI=1S/C30H39N7O2.C2H6/c1-7-26-25(28(38)36(19(2)33-26)18-22-17-29(3,4)37(39)30(22,5)6)16-20-12-14-21(15-13-20)23-10-8-9-11-24(23)27(34-31)35-32;1-2/h8-15,17,39H,7,16,18,31-32H2,1-6H3,(H,34,35);1-2H3. The van der Waals surface area contributed by atoms with Crippen molar-refractivity contribution in [1.29, 1.82) is 0 Å². The van der Waals surface area contributed by atoms with Gasteiger partial charge in [-0.3, -0.25) is 9.36 Å². The topological polar surface area (TPSA) is 135 Å². The van der Waals surface area contributed by atoms with Gasteiger partial charge in [-0.15, -0.1) is 0 Å². The van der Waals surface area contributed by atoms with E-state index < -0.39 is 11.1 Å². The molecule has 220 valence electrons. The monoisotopic (exact) mass is 559 g/mol. The Morgan fingerprint density at radius 3 is 2.24 bits per heavy atom. The Hall–Kier alpha value is -3.79. The van der Waals surface area contributed by atoms with Crippen molar-refractivity contribution in [2.75, 3.05) is 0 Å². The molecule has 0 spiro atoms. The van der Waals surface area contributed by atoms with Crippen LogP contribution in [0.3, 0.4) is 0 Å². The van der Waals surface area contributed by atoms with Crippen molar-refractivity contribution in [3.05, 3.63) is 98.7 Å². The summed E-state index contributed by atoms with van der Waals surface area (Å²) in [6, 6.07) is 15.8. The number of hydrazine groups is 1. The van der Waals surface area contributed by atoms with Crippen molar-refractivity contribution in [3.63, 3.8) is 0 Å². The molecule has 0 bridgehead atoms. The number of aromatic nitrogens is 2. The summed E-state index contributed by atoms with van der Waals surface area (Å²) in [6.45, 7) is 16.1. The molecule has 1 aliphatic rings. The van der Waals surface area contributed by atoms with Crippen molar-refractivity contribution >= 4 is 5.84 Å². The lowest BCUT2D eigenvalue weighted by atomic mass is 9.95. The first-order valence-electron chi connectivity index (χ1n) is 14.2. The second kappa shape index (κ2) is 12.8. The van der Waals surface area contributed by atoms with Crippen LogP contribution in [-0.4, -0.2) is 36.7 Å². The smallest absolute Gasteiger partial charge is 0.257 e. The number of hydrazone groups is 1. The summed E-state index contributed by atoms with van der Waals surface area (Å²) < 4.78 is 1.73. The van der Waals surface area contributed by atoms with Crippen molar-refractivity contribution in [3.8, 4) is 11.1 Å². The summed E-state index contributed by atoms with van der Waals surface area (Å²) in [5, 5.41) is 15.9. The largest absolute Gasteiger partial charge is 0.321 e. The van der Waals surface area contributed by atoms with Gasteiger partial charge in [-0.2, -0.15) is 10.2 Å². The molecule has 4 rings (SSSR count). The molecule has 1 aromatic heterocycles. The Balaban J connectivity index is 0.00000226. The van der Waals surface area contributed by atoms with Crippen molar-refractivity contribution in [1.82, 2.24) is 20.0 Å². The highest BCUT2D eigenvalue weighted by molar-refractivity contribution is 6.04. The predicted molar refractivity (Wildman–Crippen MR) is 167 cm³/mol. The Morgan fingerprint density at radius 1 is 1.07 bits per heavy atom. The number of benzene rings is 2. The Labute approximate surface area is 243 Å². The molecule has 0 radical (unpaired) electrons. The third-order valence-electron chi connectivity index (χ3n) is 7.68. The van der Waals surface area contributed by atoms with Gasteiger partial charge >= 0.3 is 0 Å². The van der Waals surface area contributed by atoms with E-state index in [9.17, 15) is 10.0 Å². The number of nitrogens with one attached hydrogen (secondary N) is 1. The number of hydrogen-bond acceptors (Lipinski definition) is 7. The molecule has 0 amide bonds. The lowest BCUT2D eigenvalue weighted by Gasteiger charge is -2.36. The lowest BCUT2D eigenvalue weighted by Crippen LogP contribution is -2.48.